The first kappa shape index (κ1) is 9.89. The molecule has 1 fully saturated rings. The average molecular weight is 213 g/mol. The molecule has 0 bridgehead atoms. The minimum Gasteiger partial charge on any atom is -0.449 e. The normalized spacial score (nSPS) is 20.7. The first-order valence-corrected chi connectivity index (χ1v) is 4.55. The fourth-order valence-electron chi connectivity index (χ4n) is 1.59. The molecule has 0 aliphatic carbocycles. The summed E-state index contributed by atoms with van der Waals surface area (Å²) in [6, 6.07) is 2.97. The van der Waals surface area contributed by atoms with Gasteiger partial charge in [0.1, 0.15) is 11.6 Å². The molecule has 80 valence electrons. The number of alkyl carbamates (subject to hydrolysis) is 1. The summed E-state index contributed by atoms with van der Waals surface area (Å²) in [5.41, 5.74) is -0.103. The van der Waals surface area contributed by atoms with E-state index in [2.05, 4.69) is 10.1 Å². The second kappa shape index (κ2) is 3.84. The molecule has 1 aliphatic rings. The van der Waals surface area contributed by atoms with Crippen LogP contribution >= 0.6 is 0 Å². The van der Waals surface area contributed by atoms with Gasteiger partial charge in [0.25, 0.3) is 0 Å². The molecular weight excluding hydrogens is 204 g/mol. The second-order valence-corrected chi connectivity index (χ2v) is 3.26. The van der Waals surface area contributed by atoms with Crippen LogP contribution in [0.25, 0.3) is 0 Å². The second-order valence-electron chi connectivity index (χ2n) is 3.26. The van der Waals surface area contributed by atoms with Crippen LogP contribution < -0.4 is 5.32 Å². The van der Waals surface area contributed by atoms with Gasteiger partial charge in [0, 0.05) is 12.0 Å². The Hall–Kier alpha value is -1.65. The predicted octanol–water partition coefficient (Wildman–Crippen LogP) is 2.14. The molecule has 3 nitrogen and oxygen atoms in total. The number of ether oxygens (including phenoxy) is 1. The van der Waals surface area contributed by atoms with E-state index in [4.69, 9.17) is 0 Å². The van der Waals surface area contributed by atoms with E-state index in [1.54, 1.807) is 0 Å². The number of hydrogen-bond donors (Lipinski definition) is 1. The predicted molar refractivity (Wildman–Crippen MR) is 48.2 cm³/mol. The fourth-order valence-corrected chi connectivity index (χ4v) is 1.59. The summed E-state index contributed by atoms with van der Waals surface area (Å²) in [7, 11) is 0. The molecule has 1 aromatic carbocycles. The van der Waals surface area contributed by atoms with Crippen molar-refractivity contribution in [3.63, 3.8) is 0 Å². The lowest BCUT2D eigenvalue weighted by molar-refractivity contribution is 0.114. The highest BCUT2D eigenvalue weighted by Gasteiger charge is 2.25. The third-order valence-corrected chi connectivity index (χ3v) is 2.28. The molecule has 1 heterocycles. The van der Waals surface area contributed by atoms with Crippen molar-refractivity contribution < 1.29 is 18.3 Å². The Bertz CT molecular complexity index is 375. The zero-order valence-corrected chi connectivity index (χ0v) is 7.80. The number of hydrogen-bond acceptors (Lipinski definition) is 2. The SMILES string of the molecule is O=C1N[C@H](c2c(F)cccc2F)CCO1. The average Bonchev–Trinajstić information content (AvgIpc) is 2.17. The highest BCUT2D eigenvalue weighted by molar-refractivity contribution is 5.68. The van der Waals surface area contributed by atoms with Gasteiger partial charge in [-0.15, -0.1) is 0 Å². The van der Waals surface area contributed by atoms with Gasteiger partial charge >= 0.3 is 6.09 Å². The Morgan fingerprint density at radius 1 is 1.33 bits per heavy atom. The van der Waals surface area contributed by atoms with E-state index in [-0.39, 0.29) is 12.2 Å². The maximum atomic E-state index is 13.3. The monoisotopic (exact) mass is 213 g/mol. The third-order valence-electron chi connectivity index (χ3n) is 2.28. The number of carbonyl (C=O) groups excluding carboxylic acids is 1. The molecular formula is C10H9F2NO2. The van der Waals surface area contributed by atoms with E-state index in [1.165, 1.54) is 18.2 Å². The minimum absolute atomic E-state index is 0.103. The molecule has 0 saturated carbocycles. The zero-order chi connectivity index (χ0) is 10.8. The van der Waals surface area contributed by atoms with E-state index >= 15 is 0 Å². The summed E-state index contributed by atoms with van der Waals surface area (Å²) >= 11 is 0. The summed E-state index contributed by atoms with van der Waals surface area (Å²) in [5.74, 6) is -1.30. The number of nitrogens with one attached hydrogen (secondary N) is 1. The van der Waals surface area contributed by atoms with Crippen molar-refractivity contribution in [2.45, 2.75) is 12.5 Å². The van der Waals surface area contributed by atoms with Crippen LogP contribution in [0.4, 0.5) is 13.6 Å². The van der Waals surface area contributed by atoms with Gasteiger partial charge in [0.05, 0.1) is 12.6 Å². The third kappa shape index (κ3) is 1.91. The van der Waals surface area contributed by atoms with Gasteiger partial charge in [-0.2, -0.15) is 0 Å². The van der Waals surface area contributed by atoms with Crippen LogP contribution in [0.15, 0.2) is 18.2 Å². The number of rotatable bonds is 1. The van der Waals surface area contributed by atoms with E-state index in [0.29, 0.717) is 6.42 Å². The van der Waals surface area contributed by atoms with Gasteiger partial charge in [0.2, 0.25) is 0 Å². The first-order valence-electron chi connectivity index (χ1n) is 4.55. The van der Waals surface area contributed by atoms with Crippen LogP contribution in [0, 0.1) is 11.6 Å². The maximum Gasteiger partial charge on any atom is 0.407 e. The molecule has 1 aliphatic heterocycles. The molecule has 1 N–H and O–H groups in total. The van der Waals surface area contributed by atoms with Gasteiger partial charge in [-0.05, 0) is 12.1 Å². The molecule has 15 heavy (non-hydrogen) atoms. The molecule has 5 heteroatoms. The number of benzene rings is 1. The van der Waals surface area contributed by atoms with Crippen molar-refractivity contribution in [1.82, 2.24) is 5.32 Å². The summed E-state index contributed by atoms with van der Waals surface area (Å²) in [5, 5.41) is 2.37. The molecule has 0 radical (unpaired) electrons. The van der Waals surface area contributed by atoms with E-state index in [9.17, 15) is 13.6 Å². The lowest BCUT2D eigenvalue weighted by Crippen LogP contribution is -2.36. The number of carbonyl (C=O) groups is 1. The van der Waals surface area contributed by atoms with Gasteiger partial charge in [-0.3, -0.25) is 0 Å². The molecule has 0 spiro atoms. The minimum atomic E-state index is -0.651. The van der Waals surface area contributed by atoms with Crippen LogP contribution in [0.1, 0.15) is 18.0 Å². The van der Waals surface area contributed by atoms with Crippen molar-refractivity contribution in [1.29, 1.82) is 0 Å². The molecule has 1 atom stereocenters. The van der Waals surface area contributed by atoms with E-state index in [1.807, 2.05) is 0 Å². The van der Waals surface area contributed by atoms with E-state index < -0.39 is 23.8 Å². The van der Waals surface area contributed by atoms with Gasteiger partial charge in [-0.1, -0.05) is 6.07 Å². The number of cyclic esters (lactones) is 1. The Labute approximate surface area is 85.0 Å². The number of amides is 1. The van der Waals surface area contributed by atoms with Crippen molar-refractivity contribution >= 4 is 6.09 Å². The highest BCUT2D eigenvalue weighted by atomic mass is 19.1. The Morgan fingerprint density at radius 3 is 2.60 bits per heavy atom. The summed E-state index contributed by atoms with van der Waals surface area (Å²) in [6.07, 6.45) is -0.280. The smallest absolute Gasteiger partial charge is 0.407 e. The Balaban J connectivity index is 2.32. The maximum absolute atomic E-state index is 13.3. The van der Waals surface area contributed by atoms with Crippen molar-refractivity contribution in [2.24, 2.45) is 0 Å². The molecule has 0 aromatic heterocycles. The van der Waals surface area contributed by atoms with Gasteiger partial charge in [0.15, 0.2) is 0 Å². The highest BCUT2D eigenvalue weighted by Crippen LogP contribution is 2.25. The van der Waals surface area contributed by atoms with Crippen molar-refractivity contribution in [3.05, 3.63) is 35.4 Å². The van der Waals surface area contributed by atoms with Gasteiger partial charge < -0.3 is 10.1 Å². The first-order chi connectivity index (χ1) is 7.18. The largest absolute Gasteiger partial charge is 0.449 e. The number of halogens is 2. The lowest BCUT2D eigenvalue weighted by atomic mass is 10.0. The van der Waals surface area contributed by atoms with Crippen molar-refractivity contribution in [3.8, 4) is 0 Å². The van der Waals surface area contributed by atoms with Crippen LogP contribution in [-0.4, -0.2) is 12.7 Å². The van der Waals surface area contributed by atoms with Crippen LogP contribution in [0.5, 0.6) is 0 Å². The molecule has 0 unspecified atom stereocenters. The Kier molecular flexibility index (Phi) is 2.53. The fraction of sp³-hybridized carbons (Fsp3) is 0.300. The summed E-state index contributed by atoms with van der Waals surface area (Å²) in [6.45, 7) is 0.171. The molecule has 1 amide bonds. The molecule has 2 rings (SSSR count). The zero-order valence-electron chi connectivity index (χ0n) is 7.80. The summed E-state index contributed by atoms with van der Waals surface area (Å²) < 4.78 is 31.3. The Morgan fingerprint density at radius 2 is 2.00 bits per heavy atom. The topological polar surface area (TPSA) is 38.3 Å². The van der Waals surface area contributed by atoms with Crippen LogP contribution in [0.2, 0.25) is 0 Å². The van der Waals surface area contributed by atoms with Gasteiger partial charge in [-0.25, -0.2) is 13.6 Å². The quantitative estimate of drug-likeness (QED) is 0.776. The summed E-state index contributed by atoms with van der Waals surface area (Å²) in [4.78, 5) is 10.9. The van der Waals surface area contributed by atoms with Crippen molar-refractivity contribution in [2.75, 3.05) is 6.61 Å². The van der Waals surface area contributed by atoms with E-state index in [0.717, 1.165) is 0 Å². The standard InChI is InChI=1S/C10H9F2NO2/c11-6-2-1-3-7(12)9(6)8-4-5-15-10(14)13-8/h1-3,8H,4-5H2,(H,13,14)/t8-/m0/s1. The lowest BCUT2D eigenvalue weighted by Gasteiger charge is -2.24. The molecule has 1 aromatic rings. The molecule has 1 saturated heterocycles. The van der Waals surface area contributed by atoms with Crippen LogP contribution in [-0.2, 0) is 4.74 Å². The van der Waals surface area contributed by atoms with Crippen LogP contribution in [0.3, 0.4) is 0 Å².